The third kappa shape index (κ3) is 4.41. The Kier molecular flexibility index (Phi) is 5.69. The number of Topliss-reactive ketones (excluding diaryl/α,β-unsaturated/α-hetero) is 1. The van der Waals surface area contributed by atoms with Gasteiger partial charge in [0.05, 0.1) is 0 Å². The van der Waals surface area contributed by atoms with E-state index in [9.17, 15) is 9.59 Å². The van der Waals surface area contributed by atoms with Crippen LogP contribution in [0.15, 0.2) is 35.4 Å². The highest BCUT2D eigenvalue weighted by Crippen LogP contribution is 2.09. The normalized spacial score (nSPS) is 18.3. The Morgan fingerprint density at radius 2 is 2.09 bits per heavy atom. The molecule has 1 aliphatic heterocycles. The number of hydrogen-bond acceptors (Lipinski definition) is 4. The lowest BCUT2D eigenvalue weighted by Gasteiger charge is -2.15. The molecule has 0 aliphatic carbocycles. The van der Waals surface area contributed by atoms with Crippen molar-refractivity contribution < 1.29 is 9.59 Å². The zero-order chi connectivity index (χ0) is 15.9. The number of carbonyl (C=O) groups is 2. The van der Waals surface area contributed by atoms with Crippen LogP contribution in [0, 0.1) is 0 Å². The van der Waals surface area contributed by atoms with Crippen LogP contribution in [-0.4, -0.2) is 29.5 Å². The lowest BCUT2D eigenvalue weighted by molar-refractivity contribution is -0.123. The molecule has 0 spiro atoms. The van der Waals surface area contributed by atoms with E-state index in [0.29, 0.717) is 25.0 Å². The first-order valence-corrected chi connectivity index (χ1v) is 7.79. The predicted molar refractivity (Wildman–Crippen MR) is 86.6 cm³/mol. The summed E-state index contributed by atoms with van der Waals surface area (Å²) in [6, 6.07) is 9.59. The average Bonchev–Trinajstić information content (AvgIpc) is 3.03. The molecule has 1 aromatic carbocycles. The van der Waals surface area contributed by atoms with Gasteiger partial charge in [-0.1, -0.05) is 37.3 Å². The molecule has 1 amide bonds. The van der Waals surface area contributed by atoms with E-state index in [2.05, 4.69) is 15.8 Å². The summed E-state index contributed by atoms with van der Waals surface area (Å²) >= 11 is 0. The Hall–Kier alpha value is -2.17. The first-order valence-electron chi connectivity index (χ1n) is 7.79. The van der Waals surface area contributed by atoms with E-state index >= 15 is 0 Å². The van der Waals surface area contributed by atoms with E-state index in [4.69, 9.17) is 0 Å². The SMILES string of the molecule is CCC(C)NC(=O)C1CC(C(=O)CCc2ccccc2)=NN1. The van der Waals surface area contributed by atoms with Crippen LogP contribution in [-0.2, 0) is 16.0 Å². The van der Waals surface area contributed by atoms with Gasteiger partial charge in [0.2, 0.25) is 5.91 Å². The van der Waals surface area contributed by atoms with Gasteiger partial charge in [-0.2, -0.15) is 5.10 Å². The van der Waals surface area contributed by atoms with Crippen molar-refractivity contribution in [2.24, 2.45) is 5.10 Å². The lowest BCUT2D eigenvalue weighted by Crippen LogP contribution is -2.44. The summed E-state index contributed by atoms with van der Waals surface area (Å²) in [5.74, 6) is -0.0841. The zero-order valence-corrected chi connectivity index (χ0v) is 13.1. The molecule has 0 saturated carbocycles. The second-order valence-electron chi connectivity index (χ2n) is 5.67. The van der Waals surface area contributed by atoms with Crippen LogP contribution in [0.5, 0.6) is 0 Å². The maximum Gasteiger partial charge on any atom is 0.244 e. The fourth-order valence-corrected chi connectivity index (χ4v) is 2.26. The Morgan fingerprint density at radius 1 is 1.36 bits per heavy atom. The second-order valence-corrected chi connectivity index (χ2v) is 5.67. The van der Waals surface area contributed by atoms with E-state index < -0.39 is 6.04 Å². The standard InChI is InChI=1S/C17H23N3O2/c1-3-12(2)18-17(22)15-11-14(19-20-15)16(21)10-9-13-7-5-4-6-8-13/h4-8,12,15,20H,3,9-11H2,1-2H3,(H,18,22). The molecule has 0 aromatic heterocycles. The molecule has 0 fully saturated rings. The van der Waals surface area contributed by atoms with Crippen LogP contribution in [0.2, 0.25) is 0 Å². The van der Waals surface area contributed by atoms with Crippen molar-refractivity contribution in [1.82, 2.24) is 10.7 Å². The van der Waals surface area contributed by atoms with E-state index in [1.54, 1.807) is 0 Å². The Balaban J connectivity index is 1.79. The molecule has 22 heavy (non-hydrogen) atoms. The number of rotatable bonds is 7. The summed E-state index contributed by atoms with van der Waals surface area (Å²) in [5, 5.41) is 6.94. The first-order chi connectivity index (χ1) is 10.6. The molecule has 2 atom stereocenters. The summed E-state index contributed by atoms with van der Waals surface area (Å²) in [6.07, 6.45) is 2.37. The quantitative estimate of drug-likeness (QED) is 0.807. The number of ketones is 1. The number of benzene rings is 1. The number of nitrogens with zero attached hydrogens (tertiary/aromatic N) is 1. The minimum Gasteiger partial charge on any atom is -0.352 e. The number of aryl methyl sites for hydroxylation is 1. The highest BCUT2D eigenvalue weighted by molar-refractivity contribution is 6.40. The summed E-state index contributed by atoms with van der Waals surface area (Å²) in [6.45, 7) is 3.97. The van der Waals surface area contributed by atoms with Crippen LogP contribution in [0.4, 0.5) is 0 Å². The average molecular weight is 301 g/mol. The Labute approximate surface area is 131 Å². The highest BCUT2D eigenvalue weighted by Gasteiger charge is 2.28. The van der Waals surface area contributed by atoms with Gasteiger partial charge in [0.25, 0.3) is 0 Å². The molecule has 1 aliphatic rings. The predicted octanol–water partition coefficient (Wildman–Crippen LogP) is 1.82. The van der Waals surface area contributed by atoms with E-state index in [1.807, 2.05) is 44.2 Å². The molecule has 0 bridgehead atoms. The maximum absolute atomic E-state index is 12.2. The van der Waals surface area contributed by atoms with Gasteiger partial charge in [-0.05, 0) is 25.3 Å². The molecule has 0 radical (unpaired) electrons. The van der Waals surface area contributed by atoms with Crippen molar-refractivity contribution in [1.29, 1.82) is 0 Å². The monoisotopic (exact) mass is 301 g/mol. The van der Waals surface area contributed by atoms with Crippen LogP contribution >= 0.6 is 0 Å². The fourth-order valence-electron chi connectivity index (χ4n) is 2.26. The van der Waals surface area contributed by atoms with Gasteiger partial charge >= 0.3 is 0 Å². The molecule has 0 saturated heterocycles. The molecule has 5 nitrogen and oxygen atoms in total. The largest absolute Gasteiger partial charge is 0.352 e. The van der Waals surface area contributed by atoms with E-state index in [1.165, 1.54) is 0 Å². The highest BCUT2D eigenvalue weighted by atomic mass is 16.2. The van der Waals surface area contributed by atoms with Crippen LogP contribution < -0.4 is 10.7 Å². The van der Waals surface area contributed by atoms with Gasteiger partial charge in [0.15, 0.2) is 5.78 Å². The minimum absolute atomic E-state index is 0.00944. The van der Waals surface area contributed by atoms with Gasteiger partial charge in [-0.3, -0.25) is 15.0 Å². The minimum atomic E-state index is -0.426. The summed E-state index contributed by atoms with van der Waals surface area (Å²) < 4.78 is 0. The summed E-state index contributed by atoms with van der Waals surface area (Å²) in [4.78, 5) is 24.2. The summed E-state index contributed by atoms with van der Waals surface area (Å²) in [7, 11) is 0. The molecule has 2 rings (SSSR count). The molecule has 5 heteroatoms. The Bertz CT molecular complexity index is 554. The number of nitrogens with one attached hydrogen (secondary N) is 2. The van der Waals surface area contributed by atoms with Gasteiger partial charge in [-0.15, -0.1) is 0 Å². The van der Waals surface area contributed by atoms with Crippen molar-refractivity contribution in [3.63, 3.8) is 0 Å². The third-order valence-corrected chi connectivity index (χ3v) is 3.88. The molecular formula is C17H23N3O2. The van der Waals surface area contributed by atoms with Crippen molar-refractivity contribution >= 4 is 17.4 Å². The number of hydrogen-bond donors (Lipinski definition) is 2. The smallest absolute Gasteiger partial charge is 0.244 e. The fraction of sp³-hybridized carbons (Fsp3) is 0.471. The van der Waals surface area contributed by atoms with E-state index in [0.717, 1.165) is 12.0 Å². The number of hydrazone groups is 1. The van der Waals surface area contributed by atoms with Crippen LogP contribution in [0.3, 0.4) is 0 Å². The van der Waals surface area contributed by atoms with Crippen molar-refractivity contribution in [2.75, 3.05) is 0 Å². The number of carbonyl (C=O) groups excluding carboxylic acids is 2. The van der Waals surface area contributed by atoms with Gasteiger partial charge in [-0.25, -0.2) is 0 Å². The van der Waals surface area contributed by atoms with Crippen LogP contribution in [0.1, 0.15) is 38.7 Å². The molecule has 2 N–H and O–H groups in total. The maximum atomic E-state index is 12.2. The van der Waals surface area contributed by atoms with E-state index in [-0.39, 0.29) is 17.7 Å². The lowest BCUT2D eigenvalue weighted by atomic mass is 10.0. The third-order valence-electron chi connectivity index (χ3n) is 3.88. The van der Waals surface area contributed by atoms with Crippen LogP contribution in [0.25, 0.3) is 0 Å². The number of amides is 1. The second kappa shape index (κ2) is 7.73. The van der Waals surface area contributed by atoms with Crippen molar-refractivity contribution in [3.05, 3.63) is 35.9 Å². The molecule has 1 heterocycles. The molecule has 2 unspecified atom stereocenters. The first kappa shape index (κ1) is 16.2. The zero-order valence-electron chi connectivity index (χ0n) is 13.1. The molecular weight excluding hydrogens is 278 g/mol. The van der Waals surface area contributed by atoms with Crippen molar-refractivity contribution in [3.8, 4) is 0 Å². The van der Waals surface area contributed by atoms with Crippen molar-refractivity contribution in [2.45, 2.75) is 51.6 Å². The summed E-state index contributed by atoms with van der Waals surface area (Å²) in [5.41, 5.74) is 4.38. The van der Waals surface area contributed by atoms with Gasteiger partial charge in [0.1, 0.15) is 11.8 Å². The molecule has 1 aromatic rings. The Morgan fingerprint density at radius 3 is 2.77 bits per heavy atom. The molecule has 118 valence electrons. The van der Waals surface area contributed by atoms with Gasteiger partial charge < -0.3 is 5.32 Å². The topological polar surface area (TPSA) is 70.6 Å². The van der Waals surface area contributed by atoms with Gasteiger partial charge in [0, 0.05) is 18.9 Å².